The number of para-hydroxylation sites is 2. The molecule has 6 atom stereocenters. The van der Waals surface area contributed by atoms with E-state index in [1.54, 1.807) is 12.4 Å². The Balaban J connectivity index is 0.000000150. The molecular weight excluding hydrogens is 564 g/mol. The molecule has 2 aromatic heterocycles. The molecule has 2 unspecified atom stereocenters. The van der Waals surface area contributed by atoms with Crippen molar-refractivity contribution in [3.05, 3.63) is 72.1 Å². The summed E-state index contributed by atoms with van der Waals surface area (Å²) in [5, 5.41) is 1.89. The van der Waals surface area contributed by atoms with E-state index in [-0.39, 0.29) is 36.6 Å². The highest BCUT2D eigenvalue weighted by atomic mass is 35.5. The van der Waals surface area contributed by atoms with E-state index >= 15 is 0 Å². The Labute approximate surface area is 258 Å². The number of hydrogen-bond donors (Lipinski definition) is 2. The van der Waals surface area contributed by atoms with Gasteiger partial charge in [-0.25, -0.2) is 9.59 Å². The zero-order valence-corrected chi connectivity index (χ0v) is 25.6. The Hall–Kier alpha value is -3.33. The van der Waals surface area contributed by atoms with Crippen LogP contribution in [0.2, 0.25) is 0 Å². The Morgan fingerprint density at radius 1 is 0.628 bits per heavy atom. The standard InChI is InChI=1S/2C17H20N2O2.ClH/c2*1-19-11-6-7-12(19)9-13(8-11)21-17(20)15-10-18-16-5-3-2-4-14(15)16;/h2*2-5,10-13,18H,6-9H2,1H3;1H/t2*11-,12+,13?;. The van der Waals surface area contributed by atoms with Gasteiger partial charge in [0.1, 0.15) is 12.2 Å². The Kier molecular flexibility index (Phi) is 8.54. The van der Waals surface area contributed by atoms with Gasteiger partial charge in [-0.1, -0.05) is 36.4 Å². The zero-order valence-electron chi connectivity index (χ0n) is 24.8. The van der Waals surface area contributed by atoms with Crippen molar-refractivity contribution >= 4 is 46.2 Å². The minimum absolute atomic E-state index is 0. The molecule has 9 heteroatoms. The molecule has 8 rings (SSSR count). The fourth-order valence-corrected chi connectivity index (χ4v) is 7.83. The molecule has 0 spiro atoms. The third kappa shape index (κ3) is 5.80. The van der Waals surface area contributed by atoms with Crippen LogP contribution in [0, 0.1) is 0 Å². The number of fused-ring (bicyclic) bond motifs is 6. The van der Waals surface area contributed by atoms with E-state index in [2.05, 4.69) is 33.9 Å². The molecule has 4 saturated heterocycles. The molecule has 2 aromatic carbocycles. The van der Waals surface area contributed by atoms with Crippen molar-refractivity contribution in [2.45, 2.75) is 87.7 Å². The Morgan fingerprint density at radius 2 is 0.977 bits per heavy atom. The number of halogens is 1. The molecule has 0 radical (unpaired) electrons. The molecule has 43 heavy (non-hydrogen) atoms. The molecule has 0 saturated carbocycles. The summed E-state index contributed by atoms with van der Waals surface area (Å²) in [7, 11) is 4.39. The Morgan fingerprint density at radius 3 is 1.35 bits per heavy atom. The average Bonchev–Trinajstić information content (AvgIpc) is 3.71. The maximum absolute atomic E-state index is 12.4. The van der Waals surface area contributed by atoms with E-state index < -0.39 is 0 Å². The van der Waals surface area contributed by atoms with Gasteiger partial charge in [0, 0.05) is 84.1 Å². The summed E-state index contributed by atoms with van der Waals surface area (Å²) < 4.78 is 11.6. The molecule has 8 nitrogen and oxygen atoms in total. The van der Waals surface area contributed by atoms with Crippen LogP contribution in [-0.2, 0) is 9.47 Å². The number of rotatable bonds is 4. The largest absolute Gasteiger partial charge is 0.459 e. The number of carbonyl (C=O) groups is 2. The summed E-state index contributed by atoms with van der Waals surface area (Å²) in [5.41, 5.74) is 3.26. The van der Waals surface area contributed by atoms with Gasteiger partial charge in [0.2, 0.25) is 0 Å². The second-order valence-corrected chi connectivity index (χ2v) is 12.6. The monoisotopic (exact) mass is 604 g/mol. The van der Waals surface area contributed by atoms with E-state index in [4.69, 9.17) is 9.47 Å². The second kappa shape index (κ2) is 12.3. The number of nitrogens with zero attached hydrogens (tertiary/aromatic N) is 2. The highest BCUT2D eigenvalue weighted by molar-refractivity contribution is 6.04. The van der Waals surface area contributed by atoms with Crippen LogP contribution < -0.4 is 0 Å². The molecular formula is C34H41ClN4O4. The van der Waals surface area contributed by atoms with Crippen LogP contribution >= 0.6 is 12.4 Å². The number of H-pyrrole nitrogens is 2. The minimum Gasteiger partial charge on any atom is -0.459 e. The first-order valence-corrected chi connectivity index (χ1v) is 15.4. The third-order valence-corrected chi connectivity index (χ3v) is 10.3. The molecule has 4 bridgehead atoms. The number of hydrogen-bond acceptors (Lipinski definition) is 6. The Bertz CT molecular complexity index is 1450. The fourth-order valence-electron chi connectivity index (χ4n) is 7.83. The molecule has 4 aromatic rings. The third-order valence-electron chi connectivity index (χ3n) is 10.3. The first-order chi connectivity index (χ1) is 20.4. The lowest BCUT2D eigenvalue weighted by Gasteiger charge is -2.35. The molecule has 0 aliphatic carbocycles. The molecule has 6 heterocycles. The number of aromatic amines is 2. The first kappa shape index (κ1) is 29.7. The lowest BCUT2D eigenvalue weighted by atomic mass is 10.0. The number of benzene rings is 2. The van der Waals surface area contributed by atoms with Gasteiger partial charge >= 0.3 is 11.9 Å². The van der Waals surface area contributed by atoms with Crippen LogP contribution in [0.1, 0.15) is 72.1 Å². The summed E-state index contributed by atoms with van der Waals surface area (Å²) in [4.78, 5) is 36.1. The second-order valence-electron chi connectivity index (χ2n) is 12.6. The summed E-state index contributed by atoms with van der Waals surface area (Å²) in [6.07, 6.45) is 12.5. The van der Waals surface area contributed by atoms with Crippen LogP contribution in [0.25, 0.3) is 21.8 Å². The number of piperidine rings is 2. The van der Waals surface area contributed by atoms with Gasteiger partial charge in [-0.05, 0) is 51.9 Å². The molecule has 4 aliphatic heterocycles. The van der Waals surface area contributed by atoms with Gasteiger partial charge in [0.15, 0.2) is 0 Å². The van der Waals surface area contributed by atoms with Gasteiger partial charge in [-0.3, -0.25) is 0 Å². The van der Waals surface area contributed by atoms with Crippen molar-refractivity contribution in [2.24, 2.45) is 0 Å². The van der Waals surface area contributed by atoms with Crippen LogP contribution in [0.15, 0.2) is 60.9 Å². The van der Waals surface area contributed by atoms with E-state index in [0.717, 1.165) is 47.5 Å². The predicted molar refractivity (Wildman–Crippen MR) is 170 cm³/mol. The number of ether oxygens (including phenoxy) is 2. The average molecular weight is 605 g/mol. The fraction of sp³-hybridized carbons (Fsp3) is 0.471. The van der Waals surface area contributed by atoms with E-state index in [1.165, 1.54) is 25.7 Å². The molecule has 4 fully saturated rings. The van der Waals surface area contributed by atoms with Crippen molar-refractivity contribution < 1.29 is 19.1 Å². The number of aromatic nitrogens is 2. The van der Waals surface area contributed by atoms with Gasteiger partial charge in [-0.2, -0.15) is 0 Å². The van der Waals surface area contributed by atoms with Crippen LogP contribution in [0.4, 0.5) is 0 Å². The van der Waals surface area contributed by atoms with Crippen molar-refractivity contribution in [3.8, 4) is 0 Å². The highest BCUT2D eigenvalue weighted by Crippen LogP contribution is 2.37. The van der Waals surface area contributed by atoms with E-state index in [9.17, 15) is 9.59 Å². The van der Waals surface area contributed by atoms with Crippen molar-refractivity contribution in [1.29, 1.82) is 0 Å². The molecule has 2 N–H and O–H groups in total. The maximum atomic E-state index is 12.4. The summed E-state index contributed by atoms with van der Waals surface area (Å²) in [6.45, 7) is 0. The summed E-state index contributed by atoms with van der Waals surface area (Å²) in [5.74, 6) is -0.386. The van der Waals surface area contributed by atoms with E-state index in [1.807, 2.05) is 48.5 Å². The minimum atomic E-state index is -0.193. The molecule has 4 aliphatic rings. The van der Waals surface area contributed by atoms with E-state index in [0.29, 0.717) is 35.3 Å². The van der Waals surface area contributed by atoms with Crippen LogP contribution in [0.5, 0.6) is 0 Å². The lowest BCUT2D eigenvalue weighted by molar-refractivity contribution is -0.00112. The number of carbonyl (C=O) groups excluding carboxylic acids is 2. The highest BCUT2D eigenvalue weighted by Gasteiger charge is 2.41. The smallest absolute Gasteiger partial charge is 0.340 e. The lowest BCUT2D eigenvalue weighted by Crippen LogP contribution is -2.43. The topological polar surface area (TPSA) is 90.7 Å². The van der Waals surface area contributed by atoms with Crippen LogP contribution in [0.3, 0.4) is 0 Å². The maximum Gasteiger partial charge on any atom is 0.340 e. The van der Waals surface area contributed by atoms with Crippen molar-refractivity contribution in [1.82, 2.24) is 19.8 Å². The normalized spacial score (nSPS) is 28.2. The SMILES string of the molecule is CN1[C@@H]2CC[C@H]1CC(OC(=O)c1c[nH]c3ccccc13)C2.CN1[C@@H]2CC[C@H]1CC(OC(=O)c1c[nH]c3ccccc13)C2.Cl. The van der Waals surface area contributed by atoms with Crippen molar-refractivity contribution in [2.75, 3.05) is 14.1 Å². The van der Waals surface area contributed by atoms with Crippen molar-refractivity contribution in [3.63, 3.8) is 0 Å². The number of nitrogens with one attached hydrogen (secondary N) is 2. The van der Waals surface area contributed by atoms with Gasteiger partial charge in [0.05, 0.1) is 11.1 Å². The zero-order chi connectivity index (χ0) is 28.8. The number of esters is 2. The quantitative estimate of drug-likeness (QED) is 0.265. The van der Waals surface area contributed by atoms with Gasteiger partial charge < -0.3 is 29.2 Å². The molecule has 228 valence electrons. The predicted octanol–water partition coefficient (Wildman–Crippen LogP) is 6.32. The first-order valence-electron chi connectivity index (χ1n) is 15.4. The molecule has 0 amide bonds. The van der Waals surface area contributed by atoms with Gasteiger partial charge in [0.25, 0.3) is 0 Å². The van der Waals surface area contributed by atoms with Gasteiger partial charge in [-0.15, -0.1) is 12.4 Å². The summed E-state index contributed by atoms with van der Waals surface area (Å²) in [6, 6.07) is 18.0. The van der Waals surface area contributed by atoms with Crippen LogP contribution in [-0.4, -0.2) is 82.2 Å². The summed E-state index contributed by atoms with van der Waals surface area (Å²) >= 11 is 0.